The van der Waals surface area contributed by atoms with E-state index in [4.69, 9.17) is 0 Å². The van der Waals surface area contributed by atoms with Gasteiger partial charge in [0, 0.05) is 21.5 Å². The summed E-state index contributed by atoms with van der Waals surface area (Å²) in [5.41, 5.74) is -0.808. The third-order valence-electron chi connectivity index (χ3n) is 3.34. The van der Waals surface area contributed by atoms with E-state index in [-0.39, 0.29) is 17.8 Å². The van der Waals surface area contributed by atoms with Crippen LogP contribution in [0.5, 0.6) is 0 Å². The number of hydrogen-bond acceptors (Lipinski definition) is 5. The maximum Gasteiger partial charge on any atom is 0.233 e. The Morgan fingerprint density at radius 2 is 1.52 bits per heavy atom. The van der Waals surface area contributed by atoms with E-state index < -0.39 is 10.8 Å². The normalized spacial score (nSPS) is 12.1. The van der Waals surface area contributed by atoms with Gasteiger partial charge in [-0.05, 0) is 22.0 Å². The first-order valence-corrected chi connectivity index (χ1v) is 8.63. The fraction of sp³-hybridized carbons (Fsp3) is 0.471. The van der Waals surface area contributed by atoms with Crippen LogP contribution in [-0.4, -0.2) is 26.8 Å². The Kier molecular flexibility index (Phi) is 5.13. The van der Waals surface area contributed by atoms with Crippen LogP contribution in [-0.2, 0) is 9.59 Å². The van der Waals surface area contributed by atoms with E-state index in [9.17, 15) is 9.59 Å². The monoisotopic (exact) mass is 407 g/mol. The summed E-state index contributed by atoms with van der Waals surface area (Å²) in [7, 11) is 0. The number of amides is 2. The van der Waals surface area contributed by atoms with Gasteiger partial charge in [-0.1, -0.05) is 41.5 Å². The number of halogens is 1. The number of anilines is 2. The molecule has 8 heteroatoms. The topological polar surface area (TPSA) is 96.9 Å². The third-order valence-corrected chi connectivity index (χ3v) is 3.77. The van der Waals surface area contributed by atoms with Crippen LogP contribution in [0.2, 0.25) is 0 Å². The van der Waals surface area contributed by atoms with Gasteiger partial charge in [-0.25, -0.2) is 4.98 Å². The molecule has 7 nitrogen and oxygen atoms in total. The summed E-state index contributed by atoms with van der Waals surface area (Å²) in [6.45, 7) is 10.8. The van der Waals surface area contributed by atoms with Gasteiger partial charge in [-0.15, -0.1) is 0 Å². The molecule has 0 unspecified atom stereocenters. The molecular formula is C17H22BrN5O2. The highest BCUT2D eigenvalue weighted by molar-refractivity contribution is 9.10. The molecule has 2 amide bonds. The molecule has 0 radical (unpaired) electrons. The van der Waals surface area contributed by atoms with Gasteiger partial charge in [0.1, 0.15) is 5.82 Å². The Balaban J connectivity index is 2.51. The van der Waals surface area contributed by atoms with Crippen LogP contribution in [0.15, 0.2) is 16.7 Å². The standard InChI is InChI=1S/C17H22BrN5O2/c1-16(2,3)13(24)20-12-10-7-9(18)8-19-11(10)21-15(22-12)23-14(25)17(4,5)6/h7-8H,1-6H3,(H2,19,20,21,22,23,24,25). The number of rotatable bonds is 2. The Morgan fingerprint density at radius 1 is 0.960 bits per heavy atom. The predicted molar refractivity (Wildman–Crippen MR) is 101 cm³/mol. The lowest BCUT2D eigenvalue weighted by molar-refractivity contribution is -0.123. The average molecular weight is 408 g/mol. The lowest BCUT2D eigenvalue weighted by atomic mass is 9.96. The van der Waals surface area contributed by atoms with Crippen LogP contribution in [0.1, 0.15) is 41.5 Å². The van der Waals surface area contributed by atoms with Gasteiger partial charge in [-0.3, -0.25) is 14.9 Å². The molecule has 0 atom stereocenters. The van der Waals surface area contributed by atoms with E-state index in [2.05, 4.69) is 41.5 Å². The van der Waals surface area contributed by atoms with Gasteiger partial charge in [0.15, 0.2) is 5.65 Å². The number of hydrogen-bond donors (Lipinski definition) is 2. The molecule has 0 aromatic carbocycles. The minimum absolute atomic E-state index is 0.103. The fourth-order valence-corrected chi connectivity index (χ4v) is 2.05. The van der Waals surface area contributed by atoms with Crippen molar-refractivity contribution in [3.05, 3.63) is 16.7 Å². The summed E-state index contributed by atoms with van der Waals surface area (Å²) in [5.74, 6) is -0.00739. The second kappa shape index (κ2) is 6.67. The van der Waals surface area contributed by atoms with Gasteiger partial charge in [0.2, 0.25) is 17.8 Å². The van der Waals surface area contributed by atoms with Crippen molar-refractivity contribution in [2.45, 2.75) is 41.5 Å². The summed E-state index contributed by atoms with van der Waals surface area (Å²) < 4.78 is 0.737. The zero-order valence-corrected chi connectivity index (χ0v) is 16.8. The van der Waals surface area contributed by atoms with Crippen molar-refractivity contribution in [2.24, 2.45) is 10.8 Å². The van der Waals surface area contributed by atoms with Gasteiger partial charge in [0.05, 0.1) is 5.39 Å². The first kappa shape index (κ1) is 19.2. The molecular weight excluding hydrogens is 386 g/mol. The minimum Gasteiger partial charge on any atom is -0.310 e. The molecule has 2 rings (SSSR count). The smallest absolute Gasteiger partial charge is 0.233 e. The maximum atomic E-state index is 12.4. The SMILES string of the molecule is CC(C)(C)C(=O)Nc1nc(NC(=O)C(C)(C)C)c2cc(Br)cnc2n1. The van der Waals surface area contributed by atoms with E-state index in [0.29, 0.717) is 16.9 Å². The number of nitrogens with one attached hydrogen (secondary N) is 2. The number of aromatic nitrogens is 3. The van der Waals surface area contributed by atoms with Gasteiger partial charge < -0.3 is 5.32 Å². The molecule has 0 bridgehead atoms. The Labute approximate surface area is 155 Å². The summed E-state index contributed by atoms with van der Waals surface area (Å²) in [5, 5.41) is 6.06. The molecule has 0 saturated carbocycles. The molecule has 0 fully saturated rings. The highest BCUT2D eigenvalue weighted by Crippen LogP contribution is 2.26. The second-order valence-electron chi connectivity index (χ2n) is 7.83. The van der Waals surface area contributed by atoms with Crippen molar-refractivity contribution in [3.8, 4) is 0 Å². The van der Waals surface area contributed by atoms with Crippen molar-refractivity contribution in [1.82, 2.24) is 15.0 Å². The summed E-state index contributed by atoms with van der Waals surface area (Å²) in [6.07, 6.45) is 1.60. The second-order valence-corrected chi connectivity index (χ2v) is 8.74. The Bertz CT molecular complexity index is 837. The molecule has 0 spiro atoms. The Hall–Kier alpha value is -2.09. The van der Waals surface area contributed by atoms with Crippen molar-refractivity contribution < 1.29 is 9.59 Å². The van der Waals surface area contributed by atoms with Gasteiger partial charge in [-0.2, -0.15) is 9.97 Å². The number of pyridine rings is 1. The van der Waals surface area contributed by atoms with Crippen LogP contribution in [0.3, 0.4) is 0 Å². The zero-order chi connectivity index (χ0) is 19.0. The van der Waals surface area contributed by atoms with Crippen LogP contribution < -0.4 is 10.6 Å². The quantitative estimate of drug-likeness (QED) is 0.789. The van der Waals surface area contributed by atoms with Gasteiger partial charge >= 0.3 is 0 Å². The summed E-state index contributed by atoms with van der Waals surface area (Å²) in [4.78, 5) is 37.4. The van der Waals surface area contributed by atoms with E-state index >= 15 is 0 Å². The van der Waals surface area contributed by atoms with Crippen LogP contribution in [0, 0.1) is 10.8 Å². The fourth-order valence-electron chi connectivity index (χ4n) is 1.72. The van der Waals surface area contributed by atoms with E-state index in [1.54, 1.807) is 33.0 Å². The van der Waals surface area contributed by atoms with E-state index in [1.807, 2.05) is 20.8 Å². The highest BCUT2D eigenvalue weighted by atomic mass is 79.9. The van der Waals surface area contributed by atoms with Crippen molar-refractivity contribution in [3.63, 3.8) is 0 Å². The maximum absolute atomic E-state index is 12.4. The molecule has 2 aromatic heterocycles. The minimum atomic E-state index is -0.597. The lowest BCUT2D eigenvalue weighted by Crippen LogP contribution is -2.30. The summed E-state index contributed by atoms with van der Waals surface area (Å²) in [6, 6.07) is 1.77. The van der Waals surface area contributed by atoms with Crippen molar-refractivity contribution >= 4 is 50.5 Å². The number of carbonyl (C=O) groups excluding carboxylic acids is 2. The summed E-state index contributed by atoms with van der Waals surface area (Å²) >= 11 is 3.36. The van der Waals surface area contributed by atoms with Crippen molar-refractivity contribution in [2.75, 3.05) is 10.6 Å². The largest absolute Gasteiger partial charge is 0.310 e. The van der Waals surface area contributed by atoms with E-state index in [1.165, 1.54) is 0 Å². The first-order valence-electron chi connectivity index (χ1n) is 7.84. The Morgan fingerprint density at radius 3 is 2.08 bits per heavy atom. The van der Waals surface area contributed by atoms with Crippen molar-refractivity contribution in [1.29, 1.82) is 0 Å². The highest BCUT2D eigenvalue weighted by Gasteiger charge is 2.25. The molecule has 0 aliphatic carbocycles. The molecule has 2 N–H and O–H groups in total. The van der Waals surface area contributed by atoms with Crippen LogP contribution in [0.4, 0.5) is 11.8 Å². The van der Waals surface area contributed by atoms with E-state index in [0.717, 1.165) is 4.47 Å². The molecule has 0 saturated heterocycles. The lowest BCUT2D eigenvalue weighted by Gasteiger charge is -2.19. The average Bonchev–Trinajstić information content (AvgIpc) is 2.46. The number of fused-ring (bicyclic) bond motifs is 1. The van der Waals surface area contributed by atoms with Crippen LogP contribution >= 0.6 is 15.9 Å². The molecule has 25 heavy (non-hydrogen) atoms. The van der Waals surface area contributed by atoms with Gasteiger partial charge in [0.25, 0.3) is 0 Å². The van der Waals surface area contributed by atoms with Crippen LogP contribution in [0.25, 0.3) is 11.0 Å². The number of nitrogens with zero attached hydrogens (tertiary/aromatic N) is 3. The molecule has 2 aromatic rings. The third kappa shape index (κ3) is 4.72. The molecule has 134 valence electrons. The predicted octanol–water partition coefficient (Wildman–Crippen LogP) is 3.76. The zero-order valence-electron chi connectivity index (χ0n) is 15.2. The molecule has 0 aliphatic heterocycles. The number of carbonyl (C=O) groups is 2. The molecule has 2 heterocycles. The molecule has 0 aliphatic rings. The first-order chi connectivity index (χ1) is 11.4.